The second kappa shape index (κ2) is 6.52. The fourth-order valence-electron chi connectivity index (χ4n) is 2.38. The maximum atomic E-state index is 11.4. The minimum absolute atomic E-state index is 0.0195. The quantitative estimate of drug-likeness (QED) is 0.773. The van der Waals surface area contributed by atoms with Gasteiger partial charge in [-0.1, -0.05) is 32.1 Å². The van der Waals surface area contributed by atoms with Gasteiger partial charge in [-0.05, 0) is 19.8 Å². The molecular formula is C13H20N2O3. The average Bonchev–Trinajstić information content (AvgIpc) is 2.78. The van der Waals surface area contributed by atoms with E-state index in [0.717, 1.165) is 12.8 Å². The Labute approximate surface area is 107 Å². The van der Waals surface area contributed by atoms with Crippen LogP contribution in [0.25, 0.3) is 0 Å². The third kappa shape index (κ3) is 3.31. The van der Waals surface area contributed by atoms with E-state index in [1.54, 1.807) is 6.92 Å². The maximum absolute atomic E-state index is 11.4. The summed E-state index contributed by atoms with van der Waals surface area (Å²) >= 11 is 0. The first-order chi connectivity index (χ1) is 8.81. The van der Waals surface area contributed by atoms with E-state index in [9.17, 15) is 4.79 Å². The molecule has 1 saturated carbocycles. The lowest BCUT2D eigenvalue weighted by atomic mass is 9.91. The van der Waals surface area contributed by atoms with Gasteiger partial charge in [-0.15, -0.1) is 10.2 Å². The molecule has 2 rings (SSSR count). The van der Waals surface area contributed by atoms with Crippen LogP contribution in [0, 0.1) is 0 Å². The molecule has 1 aliphatic rings. The third-order valence-electron chi connectivity index (χ3n) is 3.35. The molecule has 0 spiro atoms. The Kier molecular flexibility index (Phi) is 4.73. The van der Waals surface area contributed by atoms with Crippen molar-refractivity contribution in [1.82, 2.24) is 10.2 Å². The van der Waals surface area contributed by atoms with E-state index < -0.39 is 5.97 Å². The van der Waals surface area contributed by atoms with Gasteiger partial charge in [0.1, 0.15) is 0 Å². The van der Waals surface area contributed by atoms with Gasteiger partial charge in [0.2, 0.25) is 5.89 Å². The molecule has 1 aliphatic carbocycles. The van der Waals surface area contributed by atoms with Gasteiger partial charge >= 0.3 is 11.9 Å². The predicted octanol–water partition coefficient (Wildman–Crippen LogP) is 3.07. The van der Waals surface area contributed by atoms with Crippen molar-refractivity contribution in [2.45, 2.75) is 57.8 Å². The van der Waals surface area contributed by atoms with Gasteiger partial charge in [0, 0.05) is 5.92 Å². The fraction of sp³-hybridized carbons (Fsp3) is 0.769. The lowest BCUT2D eigenvalue weighted by molar-refractivity contribution is 0.0477. The Bertz CT molecular complexity index is 381. The van der Waals surface area contributed by atoms with Gasteiger partial charge in [0.15, 0.2) is 0 Å². The van der Waals surface area contributed by atoms with Crippen molar-refractivity contribution in [3.05, 3.63) is 11.8 Å². The molecule has 0 saturated heterocycles. The standard InChI is InChI=1S/C13H20N2O3/c1-2-17-13(16)12-15-14-11(18-12)10-8-6-4-3-5-7-9-10/h10H,2-9H2,1H3. The summed E-state index contributed by atoms with van der Waals surface area (Å²) in [6.07, 6.45) is 8.41. The molecule has 0 radical (unpaired) electrons. The van der Waals surface area contributed by atoms with Crippen molar-refractivity contribution in [3.8, 4) is 0 Å². The third-order valence-corrected chi connectivity index (χ3v) is 3.35. The lowest BCUT2D eigenvalue weighted by Crippen LogP contribution is -2.05. The van der Waals surface area contributed by atoms with Crippen LogP contribution in [0.15, 0.2) is 4.42 Å². The van der Waals surface area contributed by atoms with Gasteiger partial charge in [-0.3, -0.25) is 0 Å². The van der Waals surface area contributed by atoms with Gasteiger partial charge in [-0.2, -0.15) is 0 Å². The summed E-state index contributed by atoms with van der Waals surface area (Å²) in [5, 5.41) is 7.77. The van der Waals surface area contributed by atoms with E-state index in [4.69, 9.17) is 9.15 Å². The average molecular weight is 252 g/mol. The second-order valence-corrected chi connectivity index (χ2v) is 4.71. The lowest BCUT2D eigenvalue weighted by Gasteiger charge is -2.15. The molecule has 18 heavy (non-hydrogen) atoms. The predicted molar refractivity (Wildman–Crippen MR) is 65.3 cm³/mol. The molecule has 1 fully saturated rings. The maximum Gasteiger partial charge on any atom is 0.396 e. The Hall–Kier alpha value is -1.39. The van der Waals surface area contributed by atoms with Crippen molar-refractivity contribution in [2.75, 3.05) is 6.61 Å². The number of esters is 1. The molecule has 100 valence electrons. The number of aromatic nitrogens is 2. The Morgan fingerprint density at radius 1 is 1.22 bits per heavy atom. The van der Waals surface area contributed by atoms with Crippen LogP contribution in [-0.2, 0) is 4.74 Å². The second-order valence-electron chi connectivity index (χ2n) is 4.71. The zero-order valence-electron chi connectivity index (χ0n) is 10.9. The van der Waals surface area contributed by atoms with E-state index in [2.05, 4.69) is 10.2 Å². The largest absolute Gasteiger partial charge is 0.459 e. The molecule has 0 unspecified atom stereocenters. The Morgan fingerprint density at radius 2 is 1.89 bits per heavy atom. The van der Waals surface area contributed by atoms with E-state index in [-0.39, 0.29) is 5.89 Å². The van der Waals surface area contributed by atoms with Gasteiger partial charge in [0.25, 0.3) is 0 Å². The van der Waals surface area contributed by atoms with Crippen LogP contribution >= 0.6 is 0 Å². The molecule has 0 bridgehead atoms. The topological polar surface area (TPSA) is 65.2 Å². The highest BCUT2D eigenvalue weighted by molar-refractivity contribution is 5.83. The number of nitrogens with zero attached hydrogens (tertiary/aromatic N) is 2. The van der Waals surface area contributed by atoms with Crippen molar-refractivity contribution in [2.24, 2.45) is 0 Å². The first-order valence-electron chi connectivity index (χ1n) is 6.81. The summed E-state index contributed by atoms with van der Waals surface area (Å²) in [6.45, 7) is 2.07. The molecule has 1 aromatic rings. The molecule has 0 aliphatic heterocycles. The molecule has 0 N–H and O–H groups in total. The van der Waals surface area contributed by atoms with Gasteiger partial charge in [-0.25, -0.2) is 4.79 Å². The van der Waals surface area contributed by atoms with Crippen LogP contribution < -0.4 is 0 Å². The fourth-order valence-corrected chi connectivity index (χ4v) is 2.38. The highest BCUT2D eigenvalue weighted by Crippen LogP contribution is 2.29. The molecule has 0 aromatic carbocycles. The monoisotopic (exact) mass is 252 g/mol. The summed E-state index contributed by atoms with van der Waals surface area (Å²) in [7, 11) is 0. The number of carbonyl (C=O) groups is 1. The van der Waals surface area contributed by atoms with Crippen LogP contribution in [0.4, 0.5) is 0 Å². The molecule has 1 aromatic heterocycles. The minimum Gasteiger partial charge on any atom is -0.459 e. The van der Waals surface area contributed by atoms with E-state index >= 15 is 0 Å². The summed E-state index contributed by atoms with van der Waals surface area (Å²) in [4.78, 5) is 11.4. The van der Waals surface area contributed by atoms with Crippen LogP contribution in [0.3, 0.4) is 0 Å². The Balaban J connectivity index is 2.01. The molecule has 0 amide bonds. The first-order valence-corrected chi connectivity index (χ1v) is 6.81. The minimum atomic E-state index is -0.526. The Morgan fingerprint density at radius 3 is 2.56 bits per heavy atom. The highest BCUT2D eigenvalue weighted by Gasteiger charge is 2.22. The molecule has 5 heteroatoms. The summed E-state index contributed by atoms with van der Waals surface area (Å²) in [5.41, 5.74) is 0. The molecular weight excluding hydrogens is 232 g/mol. The van der Waals surface area contributed by atoms with Crippen molar-refractivity contribution < 1.29 is 13.9 Å². The first kappa shape index (κ1) is 13.1. The van der Waals surface area contributed by atoms with E-state index in [1.165, 1.54) is 32.1 Å². The van der Waals surface area contributed by atoms with Crippen LogP contribution in [-0.4, -0.2) is 22.8 Å². The SMILES string of the molecule is CCOC(=O)c1nnc(C2CCCCCCC2)o1. The number of ether oxygens (including phenoxy) is 1. The zero-order valence-corrected chi connectivity index (χ0v) is 10.9. The van der Waals surface area contributed by atoms with Crippen LogP contribution in [0.1, 0.15) is 74.4 Å². The summed E-state index contributed by atoms with van der Waals surface area (Å²) in [6, 6.07) is 0. The van der Waals surface area contributed by atoms with Crippen LogP contribution in [0.2, 0.25) is 0 Å². The van der Waals surface area contributed by atoms with Crippen molar-refractivity contribution >= 4 is 5.97 Å². The molecule has 0 atom stereocenters. The number of hydrogen-bond acceptors (Lipinski definition) is 5. The number of hydrogen-bond donors (Lipinski definition) is 0. The number of rotatable bonds is 3. The summed E-state index contributed by atoms with van der Waals surface area (Å²) < 4.78 is 10.3. The molecule has 1 heterocycles. The normalized spacial score (nSPS) is 18.1. The van der Waals surface area contributed by atoms with Gasteiger partial charge in [0.05, 0.1) is 6.61 Å². The van der Waals surface area contributed by atoms with Crippen LogP contribution in [0.5, 0.6) is 0 Å². The van der Waals surface area contributed by atoms with Crippen molar-refractivity contribution in [1.29, 1.82) is 0 Å². The molecule has 5 nitrogen and oxygen atoms in total. The smallest absolute Gasteiger partial charge is 0.396 e. The van der Waals surface area contributed by atoms with E-state index in [1.807, 2.05) is 0 Å². The number of carbonyl (C=O) groups excluding carboxylic acids is 1. The van der Waals surface area contributed by atoms with Crippen molar-refractivity contribution in [3.63, 3.8) is 0 Å². The van der Waals surface area contributed by atoms with Gasteiger partial charge < -0.3 is 9.15 Å². The summed E-state index contributed by atoms with van der Waals surface area (Å²) in [5.74, 6) is 0.358. The van der Waals surface area contributed by atoms with E-state index in [0.29, 0.717) is 18.4 Å². The highest BCUT2D eigenvalue weighted by atomic mass is 16.5. The zero-order chi connectivity index (χ0) is 12.8.